The molecule has 4 rings (SSSR count). The lowest BCUT2D eigenvalue weighted by Crippen LogP contribution is -2.20. The van der Waals surface area contributed by atoms with Gasteiger partial charge in [0, 0.05) is 17.2 Å². The van der Waals surface area contributed by atoms with Gasteiger partial charge < -0.3 is 4.98 Å². The van der Waals surface area contributed by atoms with Gasteiger partial charge in [0.15, 0.2) is 11.4 Å². The number of fused-ring (bicyclic) bond motifs is 1. The summed E-state index contributed by atoms with van der Waals surface area (Å²) in [5.41, 5.74) is 6.62. The lowest BCUT2D eigenvalue weighted by atomic mass is 9.87. The number of hydrogen-bond donors (Lipinski definition) is 1. The first kappa shape index (κ1) is 18.1. The van der Waals surface area contributed by atoms with E-state index in [1.807, 2.05) is 32.9 Å². The molecule has 28 heavy (non-hydrogen) atoms. The van der Waals surface area contributed by atoms with Crippen molar-refractivity contribution in [2.75, 3.05) is 0 Å². The quantitative estimate of drug-likeness (QED) is 0.462. The van der Waals surface area contributed by atoms with Gasteiger partial charge >= 0.3 is 0 Å². The fourth-order valence-corrected chi connectivity index (χ4v) is 3.29. The van der Waals surface area contributed by atoms with E-state index >= 15 is 0 Å². The molecule has 2 heterocycles. The number of Topliss-reactive ketones (excluding diaryl/α,β-unsaturated/α-hetero) is 1. The Kier molecular flexibility index (Phi) is 4.34. The first-order valence-electron chi connectivity index (χ1n) is 9.39. The van der Waals surface area contributed by atoms with Crippen LogP contribution in [-0.2, 0) is 0 Å². The Balaban J connectivity index is 1.80. The number of carbonyl (C=O) groups is 1. The summed E-state index contributed by atoms with van der Waals surface area (Å²) in [6.45, 7) is 7.83. The Morgan fingerprint density at radius 1 is 0.964 bits per heavy atom. The third kappa shape index (κ3) is 3.33. The topological polar surface area (TPSA) is 58.6 Å². The molecule has 0 atom stereocenters. The zero-order valence-electron chi connectivity index (χ0n) is 16.6. The van der Waals surface area contributed by atoms with Gasteiger partial charge in [-0.25, -0.2) is 9.97 Å². The van der Waals surface area contributed by atoms with E-state index in [1.54, 1.807) is 12.4 Å². The second-order valence-electron chi connectivity index (χ2n) is 8.18. The standard InChI is InChI=1S/C24H23N3O/c1-15-7-5-8-16(11-15)17-9-6-10-18(12-17)20-14-26-23-21(27-20)19(13-25-23)22(28)24(2,3)4/h5-14H,1-4H3,(H,25,26). The van der Waals surface area contributed by atoms with E-state index in [-0.39, 0.29) is 5.78 Å². The van der Waals surface area contributed by atoms with Crippen molar-refractivity contribution in [1.29, 1.82) is 0 Å². The van der Waals surface area contributed by atoms with Crippen LogP contribution in [-0.4, -0.2) is 20.7 Å². The van der Waals surface area contributed by atoms with Crippen molar-refractivity contribution in [3.05, 3.63) is 72.1 Å². The van der Waals surface area contributed by atoms with E-state index in [4.69, 9.17) is 4.98 Å². The lowest BCUT2D eigenvalue weighted by molar-refractivity contribution is 0.0860. The summed E-state index contributed by atoms with van der Waals surface area (Å²) in [6.07, 6.45) is 3.46. The summed E-state index contributed by atoms with van der Waals surface area (Å²) in [5, 5.41) is 0. The van der Waals surface area contributed by atoms with Gasteiger partial charge in [-0.15, -0.1) is 0 Å². The number of carbonyl (C=O) groups excluding carboxylic acids is 1. The maximum Gasteiger partial charge on any atom is 0.171 e. The largest absolute Gasteiger partial charge is 0.344 e. The van der Waals surface area contributed by atoms with E-state index in [2.05, 4.69) is 53.3 Å². The number of nitrogens with one attached hydrogen (secondary N) is 1. The maximum atomic E-state index is 12.8. The zero-order valence-corrected chi connectivity index (χ0v) is 16.6. The number of aryl methyl sites for hydroxylation is 1. The molecule has 0 aliphatic rings. The van der Waals surface area contributed by atoms with Gasteiger partial charge in [0.2, 0.25) is 0 Å². The van der Waals surface area contributed by atoms with Gasteiger partial charge in [0.1, 0.15) is 5.52 Å². The minimum atomic E-state index is -0.474. The van der Waals surface area contributed by atoms with Gasteiger partial charge in [-0.2, -0.15) is 0 Å². The summed E-state index contributed by atoms with van der Waals surface area (Å²) < 4.78 is 0. The van der Waals surface area contributed by atoms with Crippen molar-refractivity contribution in [1.82, 2.24) is 15.0 Å². The summed E-state index contributed by atoms with van der Waals surface area (Å²) >= 11 is 0. The minimum Gasteiger partial charge on any atom is -0.344 e. The molecule has 4 aromatic rings. The van der Waals surface area contributed by atoms with Crippen LogP contribution in [0.25, 0.3) is 33.5 Å². The first-order valence-corrected chi connectivity index (χ1v) is 9.39. The van der Waals surface area contributed by atoms with Crippen LogP contribution >= 0.6 is 0 Å². The molecule has 0 saturated heterocycles. The van der Waals surface area contributed by atoms with Crippen LogP contribution in [0.3, 0.4) is 0 Å². The molecule has 1 N–H and O–H groups in total. The molecule has 2 aromatic carbocycles. The Bertz CT molecular complexity index is 1180. The maximum absolute atomic E-state index is 12.8. The van der Waals surface area contributed by atoms with Gasteiger partial charge in [0.25, 0.3) is 0 Å². The molecule has 0 spiro atoms. The van der Waals surface area contributed by atoms with Gasteiger partial charge in [0.05, 0.1) is 17.5 Å². The van der Waals surface area contributed by atoms with Crippen molar-refractivity contribution in [3.63, 3.8) is 0 Å². The van der Waals surface area contributed by atoms with E-state index in [0.29, 0.717) is 16.7 Å². The molecule has 0 radical (unpaired) electrons. The highest BCUT2D eigenvalue weighted by Crippen LogP contribution is 2.29. The third-order valence-electron chi connectivity index (χ3n) is 4.82. The highest BCUT2D eigenvalue weighted by Gasteiger charge is 2.26. The van der Waals surface area contributed by atoms with Crippen molar-refractivity contribution in [2.24, 2.45) is 5.41 Å². The van der Waals surface area contributed by atoms with Crippen LogP contribution in [0.15, 0.2) is 60.9 Å². The smallest absolute Gasteiger partial charge is 0.171 e. The molecule has 0 amide bonds. The normalized spacial score (nSPS) is 11.7. The molecule has 4 heteroatoms. The van der Waals surface area contributed by atoms with Gasteiger partial charge in [-0.1, -0.05) is 68.8 Å². The SMILES string of the molecule is Cc1cccc(-c2cccc(-c3cnc4[nH]cc(C(=O)C(C)(C)C)c4n3)c2)c1. The van der Waals surface area contributed by atoms with Gasteiger partial charge in [-0.3, -0.25) is 4.79 Å². The predicted octanol–water partition coefficient (Wildman–Crippen LogP) is 5.83. The van der Waals surface area contributed by atoms with E-state index in [0.717, 1.165) is 16.8 Å². The number of H-pyrrole nitrogens is 1. The first-order chi connectivity index (χ1) is 13.3. The molecule has 0 aliphatic heterocycles. The highest BCUT2D eigenvalue weighted by atomic mass is 16.1. The Labute approximate surface area is 164 Å². The molecular formula is C24H23N3O. The molecule has 0 aliphatic carbocycles. The van der Waals surface area contributed by atoms with E-state index in [1.165, 1.54) is 11.1 Å². The number of aromatic nitrogens is 3. The summed E-state index contributed by atoms with van der Waals surface area (Å²) in [6, 6.07) is 16.7. The van der Waals surface area contributed by atoms with Crippen LogP contribution in [0.1, 0.15) is 36.7 Å². The van der Waals surface area contributed by atoms with Crippen molar-refractivity contribution >= 4 is 16.9 Å². The second-order valence-corrected chi connectivity index (χ2v) is 8.18. The summed E-state index contributed by atoms with van der Waals surface area (Å²) in [4.78, 5) is 25.1. The fraction of sp³-hybridized carbons (Fsp3) is 0.208. The van der Waals surface area contributed by atoms with E-state index < -0.39 is 5.41 Å². The van der Waals surface area contributed by atoms with Crippen LogP contribution in [0.4, 0.5) is 0 Å². The van der Waals surface area contributed by atoms with Crippen LogP contribution in [0.5, 0.6) is 0 Å². The van der Waals surface area contributed by atoms with Crippen molar-refractivity contribution in [3.8, 4) is 22.4 Å². The molecular weight excluding hydrogens is 346 g/mol. The molecule has 0 unspecified atom stereocenters. The average Bonchev–Trinajstić information content (AvgIpc) is 3.10. The lowest BCUT2D eigenvalue weighted by Gasteiger charge is -2.15. The van der Waals surface area contributed by atoms with Crippen LogP contribution < -0.4 is 0 Å². The Morgan fingerprint density at radius 3 is 2.36 bits per heavy atom. The summed E-state index contributed by atoms with van der Waals surface area (Å²) in [5.74, 6) is 0.0544. The molecule has 4 nitrogen and oxygen atoms in total. The number of benzene rings is 2. The number of hydrogen-bond acceptors (Lipinski definition) is 3. The molecule has 0 bridgehead atoms. The highest BCUT2D eigenvalue weighted by molar-refractivity contribution is 6.08. The van der Waals surface area contributed by atoms with Crippen molar-refractivity contribution in [2.45, 2.75) is 27.7 Å². The molecule has 140 valence electrons. The molecule has 2 aromatic heterocycles. The van der Waals surface area contributed by atoms with Crippen LogP contribution in [0.2, 0.25) is 0 Å². The monoisotopic (exact) mass is 369 g/mol. The summed E-state index contributed by atoms with van der Waals surface area (Å²) in [7, 11) is 0. The fourth-order valence-electron chi connectivity index (χ4n) is 3.29. The number of ketones is 1. The van der Waals surface area contributed by atoms with Gasteiger partial charge in [-0.05, 0) is 24.1 Å². The zero-order chi connectivity index (χ0) is 19.9. The van der Waals surface area contributed by atoms with Crippen molar-refractivity contribution < 1.29 is 4.79 Å². The van der Waals surface area contributed by atoms with E-state index in [9.17, 15) is 4.79 Å². The molecule has 0 saturated carbocycles. The predicted molar refractivity (Wildman–Crippen MR) is 113 cm³/mol. The Morgan fingerprint density at radius 2 is 1.64 bits per heavy atom. The minimum absolute atomic E-state index is 0.0544. The second kappa shape index (κ2) is 6.71. The third-order valence-corrected chi connectivity index (χ3v) is 4.82. The molecule has 0 fully saturated rings. The Hall–Kier alpha value is -3.27. The number of nitrogens with zero attached hydrogens (tertiary/aromatic N) is 2. The number of aromatic amines is 1. The average molecular weight is 369 g/mol. The number of rotatable bonds is 3. The van der Waals surface area contributed by atoms with Crippen LogP contribution in [0, 0.1) is 12.3 Å².